The summed E-state index contributed by atoms with van der Waals surface area (Å²) >= 11 is 0. The number of hydrogen-bond acceptors (Lipinski definition) is 5. The van der Waals surface area contributed by atoms with Crippen LogP contribution in [0.15, 0.2) is 23.3 Å². The molecular formula is C10H14N4O3. The largest absolute Gasteiger partial charge is 0.481 e. The third-order valence-corrected chi connectivity index (χ3v) is 2.21. The van der Waals surface area contributed by atoms with E-state index in [1.54, 1.807) is 18.2 Å². The molecule has 0 aliphatic carbocycles. The van der Waals surface area contributed by atoms with Crippen LogP contribution in [0.4, 0.5) is 0 Å². The number of azide groups is 1. The van der Waals surface area contributed by atoms with Gasteiger partial charge in [-0.1, -0.05) is 11.2 Å². The van der Waals surface area contributed by atoms with Crippen molar-refractivity contribution in [2.45, 2.75) is 18.6 Å². The summed E-state index contributed by atoms with van der Waals surface area (Å²) in [6.45, 7) is 0.124. The van der Waals surface area contributed by atoms with Gasteiger partial charge in [0.2, 0.25) is 5.88 Å². The van der Waals surface area contributed by atoms with Gasteiger partial charge in [-0.05, 0) is 18.0 Å². The zero-order chi connectivity index (χ0) is 12.7. The second kappa shape index (κ2) is 6.70. The summed E-state index contributed by atoms with van der Waals surface area (Å²) in [7, 11) is 1.47. The molecule has 0 aliphatic heterocycles. The SMILES string of the molecule is COc1cccc(C(O)C(O)CCN=[N+]=[N-])n1. The lowest BCUT2D eigenvalue weighted by Crippen LogP contribution is -2.20. The van der Waals surface area contributed by atoms with E-state index in [2.05, 4.69) is 15.0 Å². The first-order chi connectivity index (χ1) is 8.19. The normalized spacial score (nSPS) is 13.6. The molecule has 2 unspecified atom stereocenters. The molecule has 0 radical (unpaired) electrons. The zero-order valence-corrected chi connectivity index (χ0v) is 9.39. The van der Waals surface area contributed by atoms with Gasteiger partial charge in [-0.25, -0.2) is 4.98 Å². The summed E-state index contributed by atoms with van der Waals surface area (Å²) in [5.41, 5.74) is 8.41. The molecule has 1 rings (SSSR count). The lowest BCUT2D eigenvalue weighted by molar-refractivity contribution is 0.0122. The van der Waals surface area contributed by atoms with Crippen molar-refractivity contribution in [1.82, 2.24) is 4.98 Å². The van der Waals surface area contributed by atoms with E-state index >= 15 is 0 Å². The Morgan fingerprint density at radius 3 is 2.94 bits per heavy atom. The average molecular weight is 238 g/mol. The van der Waals surface area contributed by atoms with E-state index in [1.807, 2.05) is 0 Å². The Balaban J connectivity index is 2.66. The van der Waals surface area contributed by atoms with Crippen LogP contribution in [-0.4, -0.2) is 35.0 Å². The Labute approximate surface area is 98.3 Å². The summed E-state index contributed by atoms with van der Waals surface area (Å²) in [5.74, 6) is 0.365. The average Bonchev–Trinajstić information content (AvgIpc) is 2.38. The van der Waals surface area contributed by atoms with E-state index in [4.69, 9.17) is 10.3 Å². The van der Waals surface area contributed by atoms with Crippen LogP contribution in [0, 0.1) is 0 Å². The van der Waals surface area contributed by atoms with Crippen LogP contribution in [0.25, 0.3) is 10.4 Å². The summed E-state index contributed by atoms with van der Waals surface area (Å²) in [6, 6.07) is 4.90. The van der Waals surface area contributed by atoms with Crippen molar-refractivity contribution in [2.24, 2.45) is 5.11 Å². The molecule has 0 bridgehead atoms. The van der Waals surface area contributed by atoms with Crippen molar-refractivity contribution in [1.29, 1.82) is 0 Å². The number of aromatic nitrogens is 1. The number of methoxy groups -OCH3 is 1. The summed E-state index contributed by atoms with van der Waals surface area (Å²) in [5, 5.41) is 22.7. The first-order valence-electron chi connectivity index (χ1n) is 5.07. The summed E-state index contributed by atoms with van der Waals surface area (Å²) in [4.78, 5) is 6.57. The third kappa shape index (κ3) is 3.92. The number of nitrogens with zero attached hydrogens (tertiary/aromatic N) is 4. The van der Waals surface area contributed by atoms with Crippen molar-refractivity contribution in [3.8, 4) is 5.88 Å². The van der Waals surface area contributed by atoms with E-state index in [-0.39, 0.29) is 13.0 Å². The number of pyridine rings is 1. The Hall–Kier alpha value is -1.82. The fourth-order valence-electron chi connectivity index (χ4n) is 1.30. The topological polar surface area (TPSA) is 111 Å². The van der Waals surface area contributed by atoms with Gasteiger partial charge in [-0.2, -0.15) is 0 Å². The fraction of sp³-hybridized carbons (Fsp3) is 0.500. The summed E-state index contributed by atoms with van der Waals surface area (Å²) in [6.07, 6.45) is -1.98. The smallest absolute Gasteiger partial charge is 0.213 e. The monoisotopic (exact) mass is 238 g/mol. The minimum atomic E-state index is -1.13. The number of hydrogen-bond donors (Lipinski definition) is 2. The molecule has 0 fully saturated rings. The number of ether oxygens (including phenoxy) is 1. The molecule has 7 nitrogen and oxygen atoms in total. The van der Waals surface area contributed by atoms with Gasteiger partial charge in [0, 0.05) is 17.5 Å². The quantitative estimate of drug-likeness (QED) is 0.440. The van der Waals surface area contributed by atoms with Crippen LogP contribution in [0.5, 0.6) is 5.88 Å². The number of rotatable bonds is 6. The van der Waals surface area contributed by atoms with E-state index in [9.17, 15) is 10.2 Å². The van der Waals surface area contributed by atoms with E-state index < -0.39 is 12.2 Å². The maximum atomic E-state index is 9.81. The highest BCUT2D eigenvalue weighted by Crippen LogP contribution is 2.19. The molecule has 0 saturated heterocycles. The van der Waals surface area contributed by atoms with Gasteiger partial charge >= 0.3 is 0 Å². The maximum Gasteiger partial charge on any atom is 0.213 e. The van der Waals surface area contributed by atoms with Crippen molar-refractivity contribution >= 4 is 0 Å². The number of aliphatic hydroxyl groups is 2. The number of aliphatic hydroxyl groups excluding tert-OH is 2. The highest BCUT2D eigenvalue weighted by Gasteiger charge is 2.19. The van der Waals surface area contributed by atoms with Crippen molar-refractivity contribution in [3.05, 3.63) is 34.3 Å². The Kier molecular flexibility index (Phi) is 5.22. The second-order valence-electron chi connectivity index (χ2n) is 3.36. The molecule has 0 saturated carbocycles. The van der Waals surface area contributed by atoms with Crippen LogP contribution in [-0.2, 0) is 0 Å². The Morgan fingerprint density at radius 1 is 1.53 bits per heavy atom. The lowest BCUT2D eigenvalue weighted by atomic mass is 10.1. The predicted molar refractivity (Wildman–Crippen MR) is 60.4 cm³/mol. The highest BCUT2D eigenvalue weighted by atomic mass is 16.5. The van der Waals surface area contributed by atoms with Crippen molar-refractivity contribution < 1.29 is 14.9 Å². The molecule has 1 heterocycles. The van der Waals surface area contributed by atoms with Crippen LogP contribution in [0.1, 0.15) is 18.2 Å². The van der Waals surface area contributed by atoms with E-state index in [1.165, 1.54) is 7.11 Å². The molecular weight excluding hydrogens is 224 g/mol. The molecule has 1 aromatic rings. The van der Waals surface area contributed by atoms with Crippen molar-refractivity contribution in [3.63, 3.8) is 0 Å². The lowest BCUT2D eigenvalue weighted by Gasteiger charge is -2.16. The van der Waals surface area contributed by atoms with Gasteiger partial charge in [-0.15, -0.1) is 0 Å². The highest BCUT2D eigenvalue weighted by molar-refractivity contribution is 5.17. The van der Waals surface area contributed by atoms with Gasteiger partial charge in [0.05, 0.1) is 18.9 Å². The molecule has 0 spiro atoms. The van der Waals surface area contributed by atoms with Crippen LogP contribution in [0.3, 0.4) is 0 Å². The van der Waals surface area contributed by atoms with Gasteiger partial charge in [0.25, 0.3) is 0 Å². The molecule has 0 amide bonds. The molecule has 0 aromatic carbocycles. The molecule has 7 heteroatoms. The first kappa shape index (κ1) is 13.2. The molecule has 1 aromatic heterocycles. The molecule has 2 atom stereocenters. The van der Waals surface area contributed by atoms with Gasteiger partial charge in [-0.3, -0.25) is 0 Å². The van der Waals surface area contributed by atoms with E-state index in [0.717, 1.165) is 0 Å². The van der Waals surface area contributed by atoms with Gasteiger partial charge in [0.1, 0.15) is 6.10 Å². The Morgan fingerprint density at radius 2 is 2.29 bits per heavy atom. The molecule has 17 heavy (non-hydrogen) atoms. The third-order valence-electron chi connectivity index (χ3n) is 2.21. The van der Waals surface area contributed by atoms with Gasteiger partial charge in [0.15, 0.2) is 0 Å². The fourth-order valence-corrected chi connectivity index (χ4v) is 1.30. The minimum absolute atomic E-state index is 0.124. The molecule has 92 valence electrons. The summed E-state index contributed by atoms with van der Waals surface area (Å²) < 4.78 is 4.91. The second-order valence-corrected chi connectivity index (χ2v) is 3.36. The molecule has 0 aliphatic rings. The van der Waals surface area contributed by atoms with E-state index in [0.29, 0.717) is 11.6 Å². The zero-order valence-electron chi connectivity index (χ0n) is 9.39. The van der Waals surface area contributed by atoms with Gasteiger partial charge < -0.3 is 14.9 Å². The van der Waals surface area contributed by atoms with Crippen molar-refractivity contribution in [2.75, 3.05) is 13.7 Å². The minimum Gasteiger partial charge on any atom is -0.481 e. The van der Waals surface area contributed by atoms with Crippen LogP contribution in [0.2, 0.25) is 0 Å². The Bertz CT molecular complexity index is 406. The standard InChI is InChI=1S/C10H14N4O3/c1-17-9-4-2-3-7(13-9)10(16)8(15)5-6-12-14-11/h2-4,8,10,15-16H,5-6H2,1H3. The van der Waals surface area contributed by atoms with Crippen LogP contribution >= 0.6 is 0 Å². The maximum absolute atomic E-state index is 9.81. The predicted octanol–water partition coefficient (Wildman–Crippen LogP) is 1.18. The first-order valence-corrected chi connectivity index (χ1v) is 5.07. The van der Waals surface area contributed by atoms with Crippen LogP contribution < -0.4 is 4.74 Å². The molecule has 2 N–H and O–H groups in total.